The summed E-state index contributed by atoms with van der Waals surface area (Å²) in [6.45, 7) is 0. The fourth-order valence-electron chi connectivity index (χ4n) is 3.68. The summed E-state index contributed by atoms with van der Waals surface area (Å²) in [5.41, 5.74) is 10.5. The molecule has 1 heterocycles. The first-order valence-corrected chi connectivity index (χ1v) is 11.3. The normalized spacial score (nSPS) is 10.9. The molecule has 1 aromatic heterocycles. The van der Waals surface area contributed by atoms with Gasteiger partial charge in [0.1, 0.15) is 0 Å². The van der Waals surface area contributed by atoms with Crippen LogP contribution in [-0.4, -0.2) is 14.8 Å². The van der Waals surface area contributed by atoms with Gasteiger partial charge in [-0.05, 0) is 59.7 Å². The average molecular weight is 484 g/mol. The molecule has 0 amide bonds. The van der Waals surface area contributed by atoms with E-state index in [1.807, 2.05) is 47.4 Å². The van der Waals surface area contributed by atoms with Gasteiger partial charge in [-0.15, -0.1) is 0 Å². The molecule has 0 aliphatic carbocycles. The summed E-state index contributed by atoms with van der Waals surface area (Å²) in [4.78, 5) is 27.9. The lowest BCUT2D eigenvalue weighted by molar-refractivity contribution is -0.385. The number of nitrogen functional groups attached to an aromatic ring is 1. The summed E-state index contributed by atoms with van der Waals surface area (Å²) in [5.74, 6) is 0. The number of rotatable bonds is 6. The zero-order valence-corrected chi connectivity index (χ0v) is 18.9. The lowest BCUT2D eigenvalue weighted by Crippen LogP contribution is -2.09. The van der Waals surface area contributed by atoms with Gasteiger partial charge in [0, 0.05) is 41.3 Å². The Hall–Kier alpha value is -4.83. The molecule has 5 rings (SSSR count). The van der Waals surface area contributed by atoms with Gasteiger partial charge in [-0.25, -0.2) is 4.98 Å². The molecule has 0 aliphatic rings. The second kappa shape index (κ2) is 8.84. The third-order valence-electron chi connectivity index (χ3n) is 5.45. The van der Waals surface area contributed by atoms with Crippen LogP contribution in [0.15, 0.2) is 91.0 Å². The summed E-state index contributed by atoms with van der Waals surface area (Å²) < 4.78 is 0.947. The lowest BCUT2D eigenvalue weighted by atomic mass is 10.1. The first-order chi connectivity index (χ1) is 16.9. The van der Waals surface area contributed by atoms with Gasteiger partial charge in [0.15, 0.2) is 5.13 Å². The monoisotopic (exact) mass is 483 g/mol. The molecule has 5 aromatic rings. The molecule has 0 saturated heterocycles. The Labute approximate surface area is 203 Å². The van der Waals surface area contributed by atoms with Crippen molar-refractivity contribution in [3.63, 3.8) is 0 Å². The van der Waals surface area contributed by atoms with E-state index in [9.17, 15) is 20.2 Å². The number of non-ortho nitro benzene ring substituents is 2. The van der Waals surface area contributed by atoms with E-state index in [1.54, 1.807) is 24.3 Å². The van der Waals surface area contributed by atoms with Crippen LogP contribution in [0.5, 0.6) is 0 Å². The van der Waals surface area contributed by atoms with Gasteiger partial charge in [-0.3, -0.25) is 25.1 Å². The fraction of sp³-hybridized carbons (Fsp3) is 0. The summed E-state index contributed by atoms with van der Waals surface area (Å²) in [6, 6.07) is 25.8. The highest BCUT2D eigenvalue weighted by atomic mass is 32.1. The molecule has 0 saturated carbocycles. The van der Waals surface area contributed by atoms with Crippen LogP contribution < -0.4 is 10.6 Å². The van der Waals surface area contributed by atoms with Crippen LogP contribution in [0.2, 0.25) is 0 Å². The number of nitro benzene ring substituents is 2. The maximum absolute atomic E-state index is 11.1. The van der Waals surface area contributed by atoms with E-state index in [-0.39, 0.29) is 11.4 Å². The maximum Gasteiger partial charge on any atom is 0.269 e. The Balaban J connectivity index is 1.60. The lowest BCUT2D eigenvalue weighted by Gasteiger charge is -2.22. The number of aromatic nitrogens is 1. The molecule has 2 N–H and O–H groups in total. The van der Waals surface area contributed by atoms with Gasteiger partial charge in [0.2, 0.25) is 0 Å². The van der Waals surface area contributed by atoms with Crippen molar-refractivity contribution >= 4 is 55.1 Å². The highest BCUT2D eigenvalue weighted by Crippen LogP contribution is 2.41. The number of hydrogen-bond donors (Lipinski definition) is 1. The van der Waals surface area contributed by atoms with Crippen LogP contribution in [0.1, 0.15) is 0 Å². The highest BCUT2D eigenvalue weighted by molar-refractivity contribution is 7.22. The molecule has 0 bridgehead atoms. The van der Waals surface area contributed by atoms with Crippen molar-refractivity contribution in [1.82, 2.24) is 4.98 Å². The SMILES string of the molecule is Nc1ccc(-c2ccc3nc(N(c4ccc([N+](=O)[O-])cc4)c4ccc([N+](=O)[O-])cc4)sc3c2)cc1. The topological polar surface area (TPSA) is 128 Å². The summed E-state index contributed by atoms with van der Waals surface area (Å²) >= 11 is 1.45. The molecule has 0 spiro atoms. The van der Waals surface area contributed by atoms with E-state index in [2.05, 4.69) is 0 Å². The van der Waals surface area contributed by atoms with E-state index in [0.717, 1.165) is 21.3 Å². The molecule has 0 unspecified atom stereocenters. The van der Waals surface area contributed by atoms with Crippen LogP contribution in [0.3, 0.4) is 0 Å². The van der Waals surface area contributed by atoms with Gasteiger partial charge in [-0.1, -0.05) is 29.5 Å². The first kappa shape index (κ1) is 22.0. The molecule has 9 nitrogen and oxygen atoms in total. The van der Waals surface area contributed by atoms with E-state index in [0.29, 0.717) is 22.2 Å². The Kier molecular flexibility index (Phi) is 5.55. The highest BCUT2D eigenvalue weighted by Gasteiger charge is 2.19. The van der Waals surface area contributed by atoms with Crippen LogP contribution in [0.4, 0.5) is 33.6 Å². The molecule has 0 radical (unpaired) electrons. The van der Waals surface area contributed by atoms with Crippen LogP contribution in [0, 0.1) is 20.2 Å². The number of nitrogens with two attached hydrogens (primary N) is 1. The van der Waals surface area contributed by atoms with Crippen molar-refractivity contribution in [2.75, 3.05) is 10.6 Å². The Bertz CT molecular complexity index is 1490. The largest absolute Gasteiger partial charge is 0.399 e. The number of nitrogens with zero attached hydrogens (tertiary/aromatic N) is 4. The van der Waals surface area contributed by atoms with Crippen molar-refractivity contribution < 1.29 is 9.85 Å². The Morgan fingerprint density at radius 1 is 0.714 bits per heavy atom. The third-order valence-corrected chi connectivity index (χ3v) is 6.45. The minimum atomic E-state index is -0.462. The second-order valence-corrected chi connectivity index (χ2v) is 8.69. The van der Waals surface area contributed by atoms with Gasteiger partial charge in [-0.2, -0.15) is 0 Å². The average Bonchev–Trinajstić information content (AvgIpc) is 3.28. The molecule has 35 heavy (non-hydrogen) atoms. The van der Waals surface area contributed by atoms with Gasteiger partial charge in [0.05, 0.1) is 20.1 Å². The van der Waals surface area contributed by atoms with Gasteiger partial charge in [0.25, 0.3) is 11.4 Å². The standard InChI is InChI=1S/C25H17N5O4S/c26-18-4-1-16(2-5-18)17-3-14-23-24(15-17)35-25(27-23)28(19-6-10-21(11-7-19)29(31)32)20-8-12-22(13-9-20)30(33)34/h1-15H,26H2. The quantitative estimate of drug-likeness (QED) is 0.159. The molecule has 172 valence electrons. The number of nitro groups is 2. The number of benzene rings is 4. The van der Waals surface area contributed by atoms with E-state index < -0.39 is 9.85 Å². The zero-order chi connectivity index (χ0) is 24.5. The summed E-state index contributed by atoms with van der Waals surface area (Å²) in [7, 11) is 0. The molecule has 0 atom stereocenters. The number of fused-ring (bicyclic) bond motifs is 1. The fourth-order valence-corrected chi connectivity index (χ4v) is 4.73. The third kappa shape index (κ3) is 4.37. The van der Waals surface area contributed by atoms with Crippen molar-refractivity contribution in [2.24, 2.45) is 0 Å². The Morgan fingerprint density at radius 3 is 1.74 bits per heavy atom. The number of thiazole rings is 1. The van der Waals surface area contributed by atoms with Crippen molar-refractivity contribution in [2.45, 2.75) is 0 Å². The van der Waals surface area contributed by atoms with E-state index >= 15 is 0 Å². The molecular formula is C25H17N5O4S. The first-order valence-electron chi connectivity index (χ1n) is 10.4. The number of hydrogen-bond acceptors (Lipinski definition) is 8. The minimum Gasteiger partial charge on any atom is -0.399 e. The zero-order valence-electron chi connectivity index (χ0n) is 18.1. The molecule has 0 aliphatic heterocycles. The predicted molar refractivity (Wildman–Crippen MR) is 137 cm³/mol. The van der Waals surface area contributed by atoms with Gasteiger partial charge < -0.3 is 5.73 Å². The molecule has 10 heteroatoms. The summed E-state index contributed by atoms with van der Waals surface area (Å²) in [5, 5.41) is 22.9. The van der Waals surface area contributed by atoms with Gasteiger partial charge >= 0.3 is 0 Å². The maximum atomic E-state index is 11.1. The van der Waals surface area contributed by atoms with Crippen molar-refractivity contribution in [1.29, 1.82) is 0 Å². The minimum absolute atomic E-state index is 0.0326. The molecule has 4 aromatic carbocycles. The van der Waals surface area contributed by atoms with Crippen LogP contribution in [0.25, 0.3) is 21.3 Å². The number of anilines is 4. The molecule has 0 fully saturated rings. The van der Waals surface area contributed by atoms with Crippen molar-refractivity contribution in [3.8, 4) is 11.1 Å². The van der Waals surface area contributed by atoms with Crippen LogP contribution >= 0.6 is 11.3 Å². The van der Waals surface area contributed by atoms with E-state index in [1.165, 1.54) is 35.6 Å². The predicted octanol–water partition coefficient (Wildman–Crippen LogP) is 6.83. The van der Waals surface area contributed by atoms with Crippen LogP contribution in [-0.2, 0) is 0 Å². The smallest absolute Gasteiger partial charge is 0.269 e. The molecular weight excluding hydrogens is 466 g/mol. The van der Waals surface area contributed by atoms with E-state index in [4.69, 9.17) is 10.7 Å². The summed E-state index contributed by atoms with van der Waals surface area (Å²) in [6.07, 6.45) is 0. The second-order valence-electron chi connectivity index (χ2n) is 7.68. The Morgan fingerprint density at radius 2 is 1.23 bits per heavy atom. The van der Waals surface area contributed by atoms with Crippen molar-refractivity contribution in [3.05, 3.63) is 111 Å².